The first-order valence-electron chi connectivity index (χ1n) is 6.81. The van der Waals surface area contributed by atoms with E-state index in [1.807, 2.05) is 50.2 Å². The fourth-order valence-electron chi connectivity index (χ4n) is 2.24. The van der Waals surface area contributed by atoms with Crippen LogP contribution in [0.5, 0.6) is 0 Å². The van der Waals surface area contributed by atoms with Gasteiger partial charge >= 0.3 is 0 Å². The zero-order valence-electron chi connectivity index (χ0n) is 11.5. The third-order valence-corrected chi connectivity index (χ3v) is 3.45. The van der Waals surface area contributed by atoms with Crippen LogP contribution < -0.4 is 0 Å². The van der Waals surface area contributed by atoms with Crippen molar-refractivity contribution >= 4 is 5.78 Å². The van der Waals surface area contributed by atoms with Crippen LogP contribution in [-0.2, 0) is 4.79 Å². The second kappa shape index (κ2) is 6.33. The van der Waals surface area contributed by atoms with E-state index >= 15 is 0 Å². The Morgan fingerprint density at radius 2 is 1.26 bits per heavy atom. The Bertz CT molecular complexity index is 474. The van der Waals surface area contributed by atoms with Gasteiger partial charge in [0, 0.05) is 18.3 Å². The van der Waals surface area contributed by atoms with Crippen molar-refractivity contribution in [1.82, 2.24) is 0 Å². The lowest BCUT2D eigenvalue weighted by Crippen LogP contribution is -2.13. The van der Waals surface area contributed by atoms with E-state index in [4.69, 9.17) is 0 Å². The molecule has 0 unspecified atom stereocenters. The van der Waals surface area contributed by atoms with Crippen molar-refractivity contribution < 1.29 is 4.79 Å². The van der Waals surface area contributed by atoms with Crippen LogP contribution in [0.1, 0.15) is 37.3 Å². The SMILES string of the molecule is CC(C)C(=O)CC(c1ccccc1)c1ccccc1. The van der Waals surface area contributed by atoms with Crippen molar-refractivity contribution in [2.45, 2.75) is 26.2 Å². The normalized spacial score (nSPS) is 10.9. The summed E-state index contributed by atoms with van der Waals surface area (Å²) in [6.07, 6.45) is 0.575. The molecule has 2 rings (SSSR count). The Balaban J connectivity index is 2.32. The first kappa shape index (κ1) is 13.5. The Kier molecular flexibility index (Phi) is 4.51. The largest absolute Gasteiger partial charge is 0.299 e. The van der Waals surface area contributed by atoms with Crippen LogP contribution in [-0.4, -0.2) is 5.78 Å². The van der Waals surface area contributed by atoms with Crippen molar-refractivity contribution in [2.75, 3.05) is 0 Å². The van der Waals surface area contributed by atoms with Gasteiger partial charge < -0.3 is 0 Å². The highest BCUT2D eigenvalue weighted by Gasteiger charge is 2.19. The van der Waals surface area contributed by atoms with Crippen LogP contribution in [0.2, 0.25) is 0 Å². The third-order valence-electron chi connectivity index (χ3n) is 3.45. The fourth-order valence-corrected chi connectivity index (χ4v) is 2.24. The predicted molar refractivity (Wildman–Crippen MR) is 79.2 cm³/mol. The van der Waals surface area contributed by atoms with E-state index in [-0.39, 0.29) is 11.8 Å². The smallest absolute Gasteiger partial charge is 0.136 e. The van der Waals surface area contributed by atoms with Crippen LogP contribution in [0, 0.1) is 5.92 Å². The first-order valence-corrected chi connectivity index (χ1v) is 6.81. The van der Waals surface area contributed by atoms with Crippen LogP contribution in [0.25, 0.3) is 0 Å². The molecule has 0 saturated carbocycles. The number of carbonyl (C=O) groups is 1. The number of carbonyl (C=O) groups excluding carboxylic acids is 1. The topological polar surface area (TPSA) is 17.1 Å². The first-order chi connectivity index (χ1) is 9.18. The monoisotopic (exact) mass is 252 g/mol. The Hall–Kier alpha value is -1.89. The minimum atomic E-state index is 0.0925. The molecule has 0 aliphatic carbocycles. The van der Waals surface area contributed by atoms with E-state index in [2.05, 4.69) is 24.3 Å². The van der Waals surface area contributed by atoms with Gasteiger partial charge in [-0.25, -0.2) is 0 Å². The third kappa shape index (κ3) is 3.54. The standard InChI is InChI=1S/C18H20O/c1-14(2)18(19)13-17(15-9-5-3-6-10-15)16-11-7-4-8-12-16/h3-12,14,17H,13H2,1-2H3. The maximum atomic E-state index is 12.1. The van der Waals surface area contributed by atoms with Gasteiger partial charge in [-0.05, 0) is 11.1 Å². The summed E-state index contributed by atoms with van der Waals surface area (Å²) < 4.78 is 0. The van der Waals surface area contributed by atoms with Gasteiger partial charge in [-0.2, -0.15) is 0 Å². The number of hydrogen-bond donors (Lipinski definition) is 0. The van der Waals surface area contributed by atoms with E-state index in [1.54, 1.807) is 0 Å². The average Bonchev–Trinajstić information content (AvgIpc) is 2.46. The van der Waals surface area contributed by atoms with Crippen molar-refractivity contribution in [3.8, 4) is 0 Å². The van der Waals surface area contributed by atoms with Crippen molar-refractivity contribution in [2.24, 2.45) is 5.92 Å². The molecule has 0 aromatic heterocycles. The van der Waals surface area contributed by atoms with E-state index in [0.717, 1.165) is 0 Å². The van der Waals surface area contributed by atoms with Crippen LogP contribution in [0.15, 0.2) is 60.7 Å². The molecule has 0 saturated heterocycles. The number of rotatable bonds is 5. The summed E-state index contributed by atoms with van der Waals surface area (Å²) in [5.41, 5.74) is 2.42. The van der Waals surface area contributed by atoms with Crippen LogP contribution in [0.3, 0.4) is 0 Å². The maximum absolute atomic E-state index is 12.1. The molecule has 0 bridgehead atoms. The fraction of sp³-hybridized carbons (Fsp3) is 0.278. The molecule has 19 heavy (non-hydrogen) atoms. The number of benzene rings is 2. The minimum Gasteiger partial charge on any atom is -0.299 e. The van der Waals surface area contributed by atoms with Gasteiger partial charge in [-0.15, -0.1) is 0 Å². The molecule has 1 heteroatoms. The Labute approximate surface area is 115 Å². The molecular weight excluding hydrogens is 232 g/mol. The summed E-state index contributed by atoms with van der Waals surface area (Å²) in [4.78, 5) is 12.1. The Morgan fingerprint density at radius 1 is 0.842 bits per heavy atom. The molecule has 0 N–H and O–H groups in total. The molecule has 0 heterocycles. The molecule has 2 aromatic carbocycles. The molecule has 0 aliphatic rings. The lowest BCUT2D eigenvalue weighted by Gasteiger charge is -2.18. The molecule has 0 atom stereocenters. The summed E-state index contributed by atoms with van der Waals surface area (Å²) in [6, 6.07) is 20.6. The maximum Gasteiger partial charge on any atom is 0.136 e. The second-order valence-corrected chi connectivity index (χ2v) is 5.20. The van der Waals surface area contributed by atoms with Gasteiger partial charge in [-0.3, -0.25) is 4.79 Å². The number of hydrogen-bond acceptors (Lipinski definition) is 1. The quantitative estimate of drug-likeness (QED) is 0.769. The van der Waals surface area contributed by atoms with Crippen molar-refractivity contribution in [1.29, 1.82) is 0 Å². The van der Waals surface area contributed by atoms with E-state index in [9.17, 15) is 4.79 Å². The van der Waals surface area contributed by atoms with Gasteiger partial charge in [0.1, 0.15) is 5.78 Å². The summed E-state index contributed by atoms with van der Waals surface area (Å²) in [5.74, 6) is 0.574. The minimum absolute atomic E-state index is 0.0925. The predicted octanol–water partition coefficient (Wildman–Crippen LogP) is 4.43. The molecule has 0 aliphatic heterocycles. The van der Waals surface area contributed by atoms with Crippen molar-refractivity contribution in [3.63, 3.8) is 0 Å². The summed E-state index contributed by atoms with van der Waals surface area (Å²) in [7, 11) is 0. The van der Waals surface area contributed by atoms with Gasteiger partial charge in [0.05, 0.1) is 0 Å². The summed E-state index contributed by atoms with van der Waals surface area (Å²) in [5, 5.41) is 0. The van der Waals surface area contributed by atoms with Gasteiger partial charge in [0.25, 0.3) is 0 Å². The zero-order chi connectivity index (χ0) is 13.7. The summed E-state index contributed by atoms with van der Waals surface area (Å²) in [6.45, 7) is 3.94. The molecular formula is C18H20O. The molecule has 0 radical (unpaired) electrons. The molecule has 0 spiro atoms. The lowest BCUT2D eigenvalue weighted by molar-refractivity contribution is -0.122. The number of ketones is 1. The van der Waals surface area contributed by atoms with E-state index in [0.29, 0.717) is 12.2 Å². The molecule has 2 aromatic rings. The molecule has 1 nitrogen and oxygen atoms in total. The molecule has 0 amide bonds. The zero-order valence-corrected chi connectivity index (χ0v) is 11.5. The van der Waals surface area contributed by atoms with Crippen LogP contribution >= 0.6 is 0 Å². The highest BCUT2D eigenvalue weighted by atomic mass is 16.1. The van der Waals surface area contributed by atoms with Gasteiger partial charge in [0.2, 0.25) is 0 Å². The molecule has 0 fully saturated rings. The highest BCUT2D eigenvalue weighted by molar-refractivity contribution is 5.81. The average molecular weight is 252 g/mol. The lowest BCUT2D eigenvalue weighted by atomic mass is 9.85. The van der Waals surface area contributed by atoms with Crippen molar-refractivity contribution in [3.05, 3.63) is 71.8 Å². The van der Waals surface area contributed by atoms with Gasteiger partial charge in [-0.1, -0.05) is 74.5 Å². The van der Waals surface area contributed by atoms with Gasteiger partial charge in [0.15, 0.2) is 0 Å². The second-order valence-electron chi connectivity index (χ2n) is 5.20. The molecule has 98 valence electrons. The van der Waals surface area contributed by atoms with E-state index in [1.165, 1.54) is 11.1 Å². The summed E-state index contributed by atoms with van der Waals surface area (Å²) >= 11 is 0. The highest BCUT2D eigenvalue weighted by Crippen LogP contribution is 2.29. The van der Waals surface area contributed by atoms with E-state index < -0.39 is 0 Å². The van der Waals surface area contributed by atoms with Crippen LogP contribution in [0.4, 0.5) is 0 Å². The number of Topliss-reactive ketones (excluding diaryl/α,β-unsaturated/α-hetero) is 1. The Morgan fingerprint density at radius 3 is 1.63 bits per heavy atom.